The van der Waals surface area contributed by atoms with E-state index in [1.54, 1.807) is 18.5 Å². The number of hydrogen-bond acceptors (Lipinski definition) is 4. The van der Waals surface area contributed by atoms with E-state index in [-0.39, 0.29) is 11.4 Å². The molecule has 0 spiro atoms. The monoisotopic (exact) mass is 251 g/mol. The number of fused-ring (bicyclic) bond motifs is 1. The lowest BCUT2D eigenvalue weighted by molar-refractivity contribution is 1.22. The number of benzene rings is 1. The Kier molecular flexibility index (Phi) is 2.32. The molecule has 0 radical (unpaired) electrons. The van der Waals surface area contributed by atoms with Gasteiger partial charge in [0, 0.05) is 5.56 Å². The molecule has 0 saturated heterocycles. The van der Waals surface area contributed by atoms with Gasteiger partial charge in [-0.05, 0) is 23.8 Å². The summed E-state index contributed by atoms with van der Waals surface area (Å²) in [5.74, 6) is 0.226. The molecule has 3 aromatic rings. The Bertz CT molecular complexity index is 869. The Morgan fingerprint density at radius 1 is 1.32 bits per heavy atom. The minimum Gasteiger partial charge on any atom is -0.385 e. The molecule has 0 aliphatic carbocycles. The van der Waals surface area contributed by atoms with Gasteiger partial charge in [-0.15, -0.1) is 0 Å². The van der Waals surface area contributed by atoms with E-state index in [2.05, 4.69) is 15.0 Å². The Morgan fingerprint density at radius 2 is 2.16 bits per heavy atom. The second-order valence-electron chi connectivity index (χ2n) is 4.09. The van der Waals surface area contributed by atoms with Gasteiger partial charge in [-0.25, -0.2) is 4.98 Å². The molecule has 19 heavy (non-hydrogen) atoms. The number of aromatic amines is 2. The number of anilines is 1. The first-order valence-electron chi connectivity index (χ1n) is 5.55. The summed E-state index contributed by atoms with van der Waals surface area (Å²) in [6.07, 6.45) is 1.59. The molecule has 1 aromatic carbocycles. The van der Waals surface area contributed by atoms with Crippen LogP contribution in [-0.2, 0) is 0 Å². The van der Waals surface area contributed by atoms with E-state index in [0.717, 1.165) is 16.6 Å². The minimum absolute atomic E-state index is 0.0491. The molecule has 0 amide bonds. The number of H-pyrrole nitrogens is 2. The fourth-order valence-corrected chi connectivity index (χ4v) is 2.02. The number of nitriles is 1. The molecule has 0 unspecified atom stereocenters. The summed E-state index contributed by atoms with van der Waals surface area (Å²) < 4.78 is 0. The van der Waals surface area contributed by atoms with E-state index in [4.69, 9.17) is 11.0 Å². The van der Waals surface area contributed by atoms with Crippen molar-refractivity contribution in [1.29, 1.82) is 5.26 Å². The molecule has 0 saturated carbocycles. The first-order chi connectivity index (χ1) is 9.19. The zero-order valence-electron chi connectivity index (χ0n) is 9.77. The van der Waals surface area contributed by atoms with Crippen LogP contribution in [0.4, 0.5) is 5.82 Å². The van der Waals surface area contributed by atoms with Crippen molar-refractivity contribution in [2.45, 2.75) is 0 Å². The second kappa shape index (κ2) is 3.99. The standard InChI is InChI=1S/C13H9N5O/c14-5-9-8(4-12(15)18-13(9)19)7-1-2-10-11(3-7)17-6-16-10/h1-4,6H,(H,16,17)(H3,15,18,19). The Balaban J connectivity index is 2.32. The van der Waals surface area contributed by atoms with E-state index in [1.165, 1.54) is 0 Å². The predicted molar refractivity (Wildman–Crippen MR) is 71.3 cm³/mol. The van der Waals surface area contributed by atoms with Crippen LogP contribution in [0.1, 0.15) is 5.56 Å². The van der Waals surface area contributed by atoms with Gasteiger partial charge in [-0.3, -0.25) is 4.79 Å². The molecule has 6 nitrogen and oxygen atoms in total. The molecule has 0 bridgehead atoms. The zero-order chi connectivity index (χ0) is 13.4. The van der Waals surface area contributed by atoms with Crippen LogP contribution < -0.4 is 11.3 Å². The van der Waals surface area contributed by atoms with Crippen LogP contribution in [0.5, 0.6) is 0 Å². The molecule has 3 rings (SSSR count). The van der Waals surface area contributed by atoms with Gasteiger partial charge in [0.25, 0.3) is 5.56 Å². The molecular formula is C13H9N5O. The van der Waals surface area contributed by atoms with Crippen molar-refractivity contribution in [2.75, 3.05) is 5.73 Å². The molecule has 0 atom stereocenters. The number of pyridine rings is 1. The summed E-state index contributed by atoms with van der Waals surface area (Å²) >= 11 is 0. The quantitative estimate of drug-likeness (QED) is 0.606. The van der Waals surface area contributed by atoms with Crippen LogP contribution in [0.15, 0.2) is 35.4 Å². The van der Waals surface area contributed by atoms with E-state index >= 15 is 0 Å². The normalized spacial score (nSPS) is 10.5. The van der Waals surface area contributed by atoms with Gasteiger partial charge in [0.2, 0.25) is 0 Å². The van der Waals surface area contributed by atoms with Crippen molar-refractivity contribution >= 4 is 16.9 Å². The van der Waals surface area contributed by atoms with Crippen molar-refractivity contribution in [1.82, 2.24) is 15.0 Å². The second-order valence-corrected chi connectivity index (χ2v) is 4.09. The lowest BCUT2D eigenvalue weighted by Crippen LogP contribution is -2.13. The van der Waals surface area contributed by atoms with Gasteiger partial charge >= 0.3 is 0 Å². The highest BCUT2D eigenvalue weighted by atomic mass is 16.1. The zero-order valence-corrected chi connectivity index (χ0v) is 9.77. The van der Waals surface area contributed by atoms with Crippen LogP contribution in [-0.4, -0.2) is 15.0 Å². The molecule has 2 heterocycles. The Labute approximate surface area is 107 Å². The van der Waals surface area contributed by atoms with Gasteiger partial charge in [0.05, 0.1) is 17.4 Å². The number of hydrogen-bond donors (Lipinski definition) is 3. The number of aromatic nitrogens is 3. The average molecular weight is 251 g/mol. The Morgan fingerprint density at radius 3 is 2.95 bits per heavy atom. The van der Waals surface area contributed by atoms with Crippen molar-refractivity contribution in [2.24, 2.45) is 0 Å². The third kappa shape index (κ3) is 1.73. The van der Waals surface area contributed by atoms with Gasteiger partial charge in [0.15, 0.2) is 0 Å². The van der Waals surface area contributed by atoms with Crippen LogP contribution >= 0.6 is 0 Å². The molecule has 0 aliphatic rings. The van der Waals surface area contributed by atoms with Crippen molar-refractivity contribution in [3.63, 3.8) is 0 Å². The van der Waals surface area contributed by atoms with E-state index in [0.29, 0.717) is 5.56 Å². The molecule has 6 heteroatoms. The van der Waals surface area contributed by atoms with Gasteiger partial charge in [-0.1, -0.05) is 6.07 Å². The molecule has 92 valence electrons. The number of nitrogens with one attached hydrogen (secondary N) is 2. The maximum absolute atomic E-state index is 11.7. The maximum Gasteiger partial charge on any atom is 0.268 e. The van der Waals surface area contributed by atoms with E-state index in [9.17, 15) is 4.79 Å². The lowest BCUT2D eigenvalue weighted by Gasteiger charge is -2.05. The summed E-state index contributed by atoms with van der Waals surface area (Å²) in [5, 5.41) is 9.09. The van der Waals surface area contributed by atoms with Crippen LogP contribution in [0, 0.1) is 11.3 Å². The summed E-state index contributed by atoms with van der Waals surface area (Å²) in [6, 6.07) is 8.94. The molecular weight excluding hydrogens is 242 g/mol. The number of rotatable bonds is 1. The fraction of sp³-hybridized carbons (Fsp3) is 0. The summed E-state index contributed by atoms with van der Waals surface area (Å²) in [7, 11) is 0. The molecule has 2 aromatic heterocycles. The van der Waals surface area contributed by atoms with Crippen molar-refractivity contribution in [3.05, 3.63) is 46.5 Å². The van der Waals surface area contributed by atoms with Gasteiger partial charge in [0.1, 0.15) is 17.5 Å². The van der Waals surface area contributed by atoms with Gasteiger partial charge < -0.3 is 15.7 Å². The largest absolute Gasteiger partial charge is 0.385 e. The first-order valence-corrected chi connectivity index (χ1v) is 5.55. The molecule has 0 fully saturated rings. The minimum atomic E-state index is -0.484. The van der Waals surface area contributed by atoms with Crippen LogP contribution in [0.2, 0.25) is 0 Å². The van der Waals surface area contributed by atoms with E-state index in [1.807, 2.05) is 18.2 Å². The third-order valence-corrected chi connectivity index (χ3v) is 2.90. The summed E-state index contributed by atoms with van der Waals surface area (Å²) in [6.45, 7) is 0. The van der Waals surface area contributed by atoms with Crippen molar-refractivity contribution < 1.29 is 0 Å². The van der Waals surface area contributed by atoms with Crippen LogP contribution in [0.3, 0.4) is 0 Å². The maximum atomic E-state index is 11.7. The molecule has 4 N–H and O–H groups in total. The summed E-state index contributed by atoms with van der Waals surface area (Å²) in [4.78, 5) is 21.2. The van der Waals surface area contributed by atoms with Gasteiger partial charge in [-0.2, -0.15) is 5.26 Å². The third-order valence-electron chi connectivity index (χ3n) is 2.90. The number of imidazole rings is 1. The lowest BCUT2D eigenvalue weighted by atomic mass is 10.0. The predicted octanol–water partition coefficient (Wildman–Crippen LogP) is 1.37. The highest BCUT2D eigenvalue weighted by Crippen LogP contribution is 2.25. The highest BCUT2D eigenvalue weighted by Gasteiger charge is 2.11. The number of nitrogens with zero attached hydrogens (tertiary/aromatic N) is 2. The highest BCUT2D eigenvalue weighted by molar-refractivity contribution is 5.83. The SMILES string of the molecule is N#Cc1c(-c2ccc3nc[nH]c3c2)cc(N)[nH]c1=O. The van der Waals surface area contributed by atoms with E-state index < -0.39 is 5.56 Å². The fourth-order valence-electron chi connectivity index (χ4n) is 2.02. The first kappa shape index (κ1) is 11.0. The Hall–Kier alpha value is -3.07. The van der Waals surface area contributed by atoms with Crippen molar-refractivity contribution in [3.8, 4) is 17.2 Å². The topological polar surface area (TPSA) is 111 Å². The van der Waals surface area contributed by atoms with Crippen LogP contribution in [0.25, 0.3) is 22.2 Å². The summed E-state index contributed by atoms with van der Waals surface area (Å²) in [5.41, 5.74) is 8.10. The average Bonchev–Trinajstić information content (AvgIpc) is 2.85. The smallest absolute Gasteiger partial charge is 0.268 e. The number of nitrogen functional groups attached to an aromatic ring is 1. The number of nitrogens with two attached hydrogens (primary N) is 1. The molecule has 0 aliphatic heterocycles.